The maximum atomic E-state index is 10.6. The van der Waals surface area contributed by atoms with E-state index in [1.165, 1.54) is 7.05 Å². The first-order valence-corrected chi connectivity index (χ1v) is 6.34. The first kappa shape index (κ1) is 16.0. The Morgan fingerprint density at radius 2 is 1.31 bits per heavy atom. The van der Waals surface area contributed by atoms with Gasteiger partial charge in [0.15, 0.2) is 12.4 Å². The fourth-order valence-electron chi connectivity index (χ4n) is 0.927. The van der Waals surface area contributed by atoms with E-state index >= 15 is 0 Å². The second kappa shape index (κ2) is 5.08. The van der Waals surface area contributed by atoms with Crippen molar-refractivity contribution in [1.29, 1.82) is 0 Å². The summed E-state index contributed by atoms with van der Waals surface area (Å²) in [7, 11) is -8.27. The molecule has 0 aliphatic rings. The third-order valence-corrected chi connectivity index (χ3v) is 3.12. The van der Waals surface area contributed by atoms with Gasteiger partial charge in [-0.2, -0.15) is 0 Å². The third kappa shape index (κ3) is 4.09. The van der Waals surface area contributed by atoms with Crippen LogP contribution in [-0.2, 0) is 27.3 Å². The number of aromatic nitrogens is 1. The molecule has 1 heterocycles. The number of hydrogen-bond acceptors (Lipinski definition) is 6. The van der Waals surface area contributed by atoms with Crippen LogP contribution in [0.4, 0.5) is 0 Å². The molecule has 0 unspecified atom stereocenters. The molecule has 0 radical (unpaired) electrons. The van der Waals surface area contributed by atoms with Crippen LogP contribution in [0.1, 0.15) is 0 Å². The van der Waals surface area contributed by atoms with Crippen LogP contribution in [0, 0.1) is 0 Å². The second-order valence-corrected chi connectivity index (χ2v) is 5.54. The van der Waals surface area contributed by atoms with Gasteiger partial charge in [-0.05, 0) is 6.07 Å². The molecule has 1 aromatic heterocycles. The average Bonchev–Trinajstić information content (AvgIpc) is 1.99. The first-order valence-electron chi connectivity index (χ1n) is 3.53. The standard InChI is InChI=1S/C6H7NO6S2.Na/c1-7-3-5(14(8,9)10)2-6(4-7)15(11,12)13;/h2-4H,1H3,(H-,8,9,10,11,12,13);/q;+1/p-1. The molecule has 0 saturated heterocycles. The fraction of sp³-hybridized carbons (Fsp3) is 0.167. The van der Waals surface area contributed by atoms with Gasteiger partial charge in [-0.25, -0.2) is 21.4 Å². The van der Waals surface area contributed by atoms with Gasteiger partial charge in [0.2, 0.25) is 0 Å². The molecular weight excluding hydrogens is 269 g/mol. The summed E-state index contributed by atoms with van der Waals surface area (Å²) < 4.78 is 64.6. The minimum Gasteiger partial charge on any atom is -0.744 e. The minimum absolute atomic E-state index is 0. The zero-order chi connectivity index (χ0) is 11.9. The summed E-state index contributed by atoms with van der Waals surface area (Å²) in [5.41, 5.74) is 0. The predicted octanol–water partition coefficient (Wildman–Crippen LogP) is -4.68. The van der Waals surface area contributed by atoms with Gasteiger partial charge in [-0.15, -0.1) is 0 Å². The third-order valence-electron chi connectivity index (χ3n) is 1.52. The normalized spacial score (nSPS) is 11.9. The molecule has 0 aliphatic carbocycles. The first-order chi connectivity index (χ1) is 6.60. The summed E-state index contributed by atoms with van der Waals surface area (Å²) in [5.74, 6) is 0. The molecule has 1 rings (SSSR count). The van der Waals surface area contributed by atoms with Crippen molar-refractivity contribution in [3.8, 4) is 0 Å². The van der Waals surface area contributed by atoms with Crippen LogP contribution in [-0.4, -0.2) is 25.9 Å². The van der Waals surface area contributed by atoms with Gasteiger partial charge < -0.3 is 9.11 Å². The molecule has 0 saturated carbocycles. The molecule has 16 heavy (non-hydrogen) atoms. The van der Waals surface area contributed by atoms with Crippen molar-refractivity contribution in [2.45, 2.75) is 9.79 Å². The van der Waals surface area contributed by atoms with Crippen molar-refractivity contribution in [3.63, 3.8) is 0 Å². The molecule has 0 amide bonds. The van der Waals surface area contributed by atoms with E-state index in [1.54, 1.807) is 0 Å². The molecule has 0 N–H and O–H groups in total. The van der Waals surface area contributed by atoms with Gasteiger partial charge in [0.1, 0.15) is 37.1 Å². The second-order valence-electron chi connectivity index (χ2n) is 2.78. The van der Waals surface area contributed by atoms with Gasteiger partial charge in [0, 0.05) is 0 Å². The summed E-state index contributed by atoms with van der Waals surface area (Å²) in [4.78, 5) is -1.52. The zero-order valence-corrected chi connectivity index (χ0v) is 12.1. The van der Waals surface area contributed by atoms with Crippen LogP contribution < -0.4 is 34.1 Å². The summed E-state index contributed by atoms with van der Waals surface area (Å²) in [6.45, 7) is 0. The van der Waals surface area contributed by atoms with E-state index in [2.05, 4.69) is 0 Å². The van der Waals surface area contributed by atoms with Crippen LogP contribution in [0.15, 0.2) is 28.3 Å². The van der Waals surface area contributed by atoms with Crippen LogP contribution >= 0.6 is 0 Å². The van der Waals surface area contributed by atoms with Crippen molar-refractivity contribution in [2.75, 3.05) is 0 Å². The van der Waals surface area contributed by atoms with Crippen molar-refractivity contribution >= 4 is 20.2 Å². The smallest absolute Gasteiger partial charge is 0.744 e. The van der Waals surface area contributed by atoms with Crippen molar-refractivity contribution in [1.82, 2.24) is 0 Å². The Kier molecular flexibility index (Phi) is 5.08. The van der Waals surface area contributed by atoms with Gasteiger partial charge in [0.05, 0.1) is 0 Å². The zero-order valence-electron chi connectivity index (χ0n) is 8.45. The topological polar surface area (TPSA) is 118 Å². The Hall–Kier alpha value is -0.0300. The van der Waals surface area contributed by atoms with E-state index in [9.17, 15) is 25.9 Å². The maximum Gasteiger partial charge on any atom is 1.00 e. The van der Waals surface area contributed by atoms with Crippen molar-refractivity contribution < 1.29 is 60.1 Å². The van der Waals surface area contributed by atoms with Crippen LogP contribution in [0.25, 0.3) is 0 Å². The molecule has 1 aromatic rings. The molecule has 10 heteroatoms. The van der Waals surface area contributed by atoms with Crippen LogP contribution in [0.5, 0.6) is 0 Å². The molecular formula is C6H6NNaO6S2. The van der Waals surface area contributed by atoms with E-state index in [0.717, 1.165) is 17.0 Å². The van der Waals surface area contributed by atoms with Gasteiger partial charge in [-0.3, -0.25) is 0 Å². The Balaban J connectivity index is 0.00000225. The van der Waals surface area contributed by atoms with E-state index in [4.69, 9.17) is 0 Å². The van der Waals surface area contributed by atoms with E-state index in [1.807, 2.05) is 0 Å². The number of pyridine rings is 1. The molecule has 0 atom stereocenters. The number of rotatable bonds is 2. The van der Waals surface area contributed by atoms with Gasteiger partial charge in [-0.1, -0.05) is 0 Å². The Morgan fingerprint density at radius 1 is 1.00 bits per heavy atom. The number of nitrogens with zero attached hydrogens (tertiary/aromatic N) is 1. The maximum absolute atomic E-state index is 10.6. The van der Waals surface area contributed by atoms with Crippen LogP contribution in [0.3, 0.4) is 0 Å². The van der Waals surface area contributed by atoms with Crippen LogP contribution in [0.2, 0.25) is 0 Å². The number of hydrogen-bond donors (Lipinski definition) is 0. The Morgan fingerprint density at radius 3 is 1.56 bits per heavy atom. The van der Waals surface area contributed by atoms with Gasteiger partial charge >= 0.3 is 29.6 Å². The molecule has 84 valence electrons. The molecule has 7 nitrogen and oxygen atoms in total. The van der Waals surface area contributed by atoms with Crippen molar-refractivity contribution in [2.24, 2.45) is 7.05 Å². The summed E-state index contributed by atoms with van der Waals surface area (Å²) in [6.07, 6.45) is 1.83. The SMILES string of the molecule is C[n+]1cc(S(=O)(=O)[O-])cc(S(=O)(=O)[O-])c1.[Na+]. The van der Waals surface area contributed by atoms with E-state index in [-0.39, 0.29) is 29.6 Å². The number of aryl methyl sites for hydroxylation is 1. The average molecular weight is 275 g/mol. The Bertz CT molecular complexity index is 543. The molecule has 0 fully saturated rings. The summed E-state index contributed by atoms with van der Waals surface area (Å²) in [6, 6.07) is 0.532. The van der Waals surface area contributed by atoms with Gasteiger partial charge in [0.25, 0.3) is 0 Å². The quantitative estimate of drug-likeness (QED) is 0.304. The minimum atomic E-state index is -4.78. The summed E-state index contributed by atoms with van der Waals surface area (Å²) in [5, 5.41) is 0. The molecule has 0 aliphatic heterocycles. The monoisotopic (exact) mass is 275 g/mol. The molecule has 0 spiro atoms. The molecule has 0 aromatic carbocycles. The predicted molar refractivity (Wildman–Crippen MR) is 43.5 cm³/mol. The van der Waals surface area contributed by atoms with E-state index in [0.29, 0.717) is 6.07 Å². The Labute approximate surface area is 115 Å². The summed E-state index contributed by atoms with van der Waals surface area (Å²) >= 11 is 0. The largest absolute Gasteiger partial charge is 1.00 e. The fourth-order valence-corrected chi connectivity index (χ4v) is 2.13. The van der Waals surface area contributed by atoms with E-state index < -0.39 is 30.0 Å². The molecule has 0 bridgehead atoms. The van der Waals surface area contributed by atoms with Crippen molar-refractivity contribution in [3.05, 3.63) is 18.5 Å².